The maximum atomic E-state index is 14.2. The van der Waals surface area contributed by atoms with Crippen molar-refractivity contribution in [3.8, 4) is 32.3 Å². The Kier molecular flexibility index (Phi) is 13.7. The van der Waals surface area contributed by atoms with Gasteiger partial charge in [0.1, 0.15) is 28.7 Å². The standard InChI is InChI=1S/C50H55N9O7S2/c1-26-29(4)68-48-40(26)41(54-44(55-49(64)65-9)45-57-56-30(5)59(45)48)34-14-12-32(13-15-34)33-18-20-37(21-19-33)66-24-39(61)53-43(50(6,7)8)47(63)58-23-36(60)22-38(58)46(62)52-27(2)31-10-16-35(17-11-31)42-28(3)51-25-67-42/h10-21,25,27,36,38,43-44,60H,22-24H2,1-9H3,(H,52,62)(H,53,61)(H,55,64)/t27-,36+,38-,43+,44+/m0/s1. The predicted molar refractivity (Wildman–Crippen MR) is 261 cm³/mol. The van der Waals surface area contributed by atoms with E-state index >= 15 is 0 Å². The first-order valence-corrected chi connectivity index (χ1v) is 24.0. The summed E-state index contributed by atoms with van der Waals surface area (Å²) in [6, 6.07) is 20.9. The average Bonchev–Trinajstić information content (AvgIpc) is 4.09. The number of thiazole rings is 1. The third-order valence-corrected chi connectivity index (χ3v) is 14.5. The molecule has 2 aliphatic rings. The van der Waals surface area contributed by atoms with Crippen LogP contribution in [0.1, 0.15) is 90.8 Å². The summed E-state index contributed by atoms with van der Waals surface area (Å²) in [6.45, 7) is 15.0. The Morgan fingerprint density at radius 3 is 2.16 bits per heavy atom. The molecule has 1 saturated heterocycles. The van der Waals surface area contributed by atoms with Crippen LogP contribution in [0.4, 0.5) is 4.79 Å². The second kappa shape index (κ2) is 19.5. The lowest BCUT2D eigenvalue weighted by Gasteiger charge is -2.35. The molecule has 18 heteroatoms. The van der Waals surface area contributed by atoms with Crippen molar-refractivity contribution in [2.75, 3.05) is 20.3 Å². The van der Waals surface area contributed by atoms with E-state index in [4.69, 9.17) is 14.5 Å². The molecule has 3 aromatic carbocycles. The third kappa shape index (κ3) is 9.79. The number of alkyl carbamates (subject to hydrolysis) is 1. The van der Waals surface area contributed by atoms with Crippen LogP contribution in [0.5, 0.6) is 5.75 Å². The molecule has 2 aliphatic heterocycles. The molecule has 0 spiro atoms. The van der Waals surface area contributed by atoms with E-state index in [-0.39, 0.29) is 31.5 Å². The van der Waals surface area contributed by atoms with Gasteiger partial charge in [0.05, 0.1) is 41.0 Å². The number of hydrogen-bond donors (Lipinski definition) is 4. The number of hydrogen-bond acceptors (Lipinski definition) is 13. The predicted octanol–water partition coefficient (Wildman–Crippen LogP) is 7.31. The van der Waals surface area contributed by atoms with Gasteiger partial charge in [-0.2, -0.15) is 0 Å². The summed E-state index contributed by atoms with van der Waals surface area (Å²) < 4.78 is 12.8. The molecule has 6 aromatic rings. The average molecular weight is 958 g/mol. The minimum atomic E-state index is -1.01. The van der Waals surface area contributed by atoms with Crippen molar-refractivity contribution < 1.29 is 33.8 Å². The number of benzene rings is 3. The van der Waals surface area contributed by atoms with Crippen LogP contribution in [0.3, 0.4) is 0 Å². The molecule has 68 heavy (non-hydrogen) atoms. The zero-order valence-corrected chi connectivity index (χ0v) is 41.0. The Bertz CT molecular complexity index is 2880. The normalized spacial score (nSPS) is 17.5. The largest absolute Gasteiger partial charge is 0.484 e. The number of nitrogens with one attached hydrogen (secondary N) is 3. The number of aryl methyl sites for hydroxylation is 3. The molecular weight excluding hydrogens is 903 g/mol. The zero-order valence-electron chi connectivity index (χ0n) is 39.4. The Labute approximate surface area is 402 Å². The van der Waals surface area contributed by atoms with E-state index in [1.807, 2.05) is 112 Å². The summed E-state index contributed by atoms with van der Waals surface area (Å²) in [5, 5.41) is 29.0. The minimum Gasteiger partial charge on any atom is -0.484 e. The van der Waals surface area contributed by atoms with E-state index < -0.39 is 47.7 Å². The number of rotatable bonds is 12. The summed E-state index contributed by atoms with van der Waals surface area (Å²) >= 11 is 3.19. The van der Waals surface area contributed by atoms with Crippen LogP contribution in [0.15, 0.2) is 83.3 Å². The molecule has 0 unspecified atom stereocenters. The number of methoxy groups -OCH3 is 1. The Balaban J connectivity index is 0.905. The summed E-state index contributed by atoms with van der Waals surface area (Å²) in [7, 11) is 1.30. The molecule has 0 saturated carbocycles. The fraction of sp³-hybridized carbons (Fsp3) is 0.360. The van der Waals surface area contributed by atoms with Gasteiger partial charge in [0.2, 0.25) is 11.8 Å². The molecule has 0 aliphatic carbocycles. The minimum absolute atomic E-state index is 0.0365. The first kappa shape index (κ1) is 47.7. The molecule has 1 fully saturated rings. The van der Waals surface area contributed by atoms with Crippen molar-refractivity contribution >= 4 is 52.2 Å². The maximum absolute atomic E-state index is 14.2. The fourth-order valence-electron chi connectivity index (χ4n) is 8.52. The van der Waals surface area contributed by atoms with Gasteiger partial charge in [0.15, 0.2) is 18.6 Å². The van der Waals surface area contributed by atoms with E-state index in [0.717, 1.165) is 59.4 Å². The van der Waals surface area contributed by atoms with Gasteiger partial charge in [-0.25, -0.2) is 9.78 Å². The Hall–Kier alpha value is -6.76. The van der Waals surface area contributed by atoms with Crippen LogP contribution in [0, 0.1) is 33.1 Å². The highest BCUT2D eigenvalue weighted by molar-refractivity contribution is 7.15. The van der Waals surface area contributed by atoms with Crippen molar-refractivity contribution in [1.82, 2.24) is 40.6 Å². The monoisotopic (exact) mass is 957 g/mol. The van der Waals surface area contributed by atoms with Crippen LogP contribution in [-0.4, -0.2) is 97.7 Å². The van der Waals surface area contributed by atoms with Gasteiger partial charge < -0.3 is 30.1 Å². The molecule has 16 nitrogen and oxygen atoms in total. The lowest BCUT2D eigenvalue weighted by atomic mass is 9.85. The molecule has 0 bridgehead atoms. The zero-order chi connectivity index (χ0) is 48.6. The maximum Gasteiger partial charge on any atom is 0.408 e. The van der Waals surface area contributed by atoms with E-state index in [0.29, 0.717) is 23.1 Å². The first-order valence-electron chi connectivity index (χ1n) is 22.3. The van der Waals surface area contributed by atoms with Crippen LogP contribution in [0.2, 0.25) is 0 Å². The summed E-state index contributed by atoms with van der Waals surface area (Å²) in [6.07, 6.45) is -2.31. The van der Waals surface area contributed by atoms with E-state index in [2.05, 4.69) is 45.0 Å². The quantitative estimate of drug-likeness (QED) is 0.0964. The van der Waals surface area contributed by atoms with E-state index in [9.17, 15) is 24.3 Å². The summed E-state index contributed by atoms with van der Waals surface area (Å²) in [4.78, 5) is 66.8. The number of nitrogens with zero attached hydrogens (tertiary/aromatic N) is 6. The topological polar surface area (TPSA) is 202 Å². The number of carbonyl (C=O) groups is 4. The number of aromatic nitrogens is 4. The van der Waals surface area contributed by atoms with Crippen molar-refractivity contribution in [3.05, 3.63) is 123 Å². The molecule has 0 radical (unpaired) electrons. The second-order valence-electron chi connectivity index (χ2n) is 18.2. The molecule has 4 amide bonds. The highest BCUT2D eigenvalue weighted by Gasteiger charge is 2.45. The molecule has 5 atom stereocenters. The summed E-state index contributed by atoms with van der Waals surface area (Å²) in [5.41, 5.74) is 9.36. The summed E-state index contributed by atoms with van der Waals surface area (Å²) in [5.74, 6) is 0.256. The smallest absolute Gasteiger partial charge is 0.408 e. The lowest BCUT2D eigenvalue weighted by molar-refractivity contribution is -0.144. The van der Waals surface area contributed by atoms with Crippen LogP contribution >= 0.6 is 22.7 Å². The van der Waals surface area contributed by atoms with Crippen molar-refractivity contribution in [1.29, 1.82) is 0 Å². The third-order valence-electron chi connectivity index (χ3n) is 12.4. The van der Waals surface area contributed by atoms with E-state index in [1.165, 1.54) is 12.0 Å². The van der Waals surface area contributed by atoms with Crippen LogP contribution < -0.4 is 20.7 Å². The van der Waals surface area contributed by atoms with Crippen LogP contribution in [0.25, 0.3) is 26.6 Å². The van der Waals surface area contributed by atoms with Gasteiger partial charge >= 0.3 is 6.09 Å². The number of aliphatic imine (C=N–C) groups is 1. The first-order chi connectivity index (χ1) is 32.4. The Morgan fingerprint density at radius 1 is 0.882 bits per heavy atom. The molecule has 8 rings (SSSR count). The molecule has 5 heterocycles. The van der Waals surface area contributed by atoms with Gasteiger partial charge in [-0.15, -0.1) is 32.9 Å². The number of amides is 4. The number of ether oxygens (including phenoxy) is 2. The SMILES string of the molecule is COC(=O)N[C@H]1N=C(c2ccc(-c3ccc(OCC(=O)N[C@H](C(=O)N4C[C@H](O)C[C@H]4C(=O)N[C@@H](C)c4ccc(-c5scnc5C)cc4)C(C)(C)C)cc3)cc2)c2c(sc(C)c2C)-n2c(C)nnc21. The number of aliphatic hydroxyl groups is 1. The van der Waals surface area contributed by atoms with Gasteiger partial charge in [0, 0.05) is 29.0 Å². The lowest BCUT2D eigenvalue weighted by Crippen LogP contribution is -2.58. The number of carbonyl (C=O) groups excluding carboxylic acids is 4. The highest BCUT2D eigenvalue weighted by Crippen LogP contribution is 2.39. The van der Waals surface area contributed by atoms with Crippen molar-refractivity contribution in [2.45, 2.75) is 92.2 Å². The van der Waals surface area contributed by atoms with Crippen molar-refractivity contribution in [2.24, 2.45) is 10.4 Å². The van der Waals surface area contributed by atoms with Gasteiger partial charge in [-0.05, 0) is 80.0 Å². The number of likely N-dealkylation sites (tertiary alicyclic amines) is 1. The molecule has 354 valence electrons. The van der Waals surface area contributed by atoms with Crippen LogP contribution in [-0.2, 0) is 19.1 Å². The van der Waals surface area contributed by atoms with Gasteiger partial charge in [0.25, 0.3) is 5.91 Å². The molecular formula is C50H55N9O7S2. The number of thiophene rings is 1. The second-order valence-corrected chi connectivity index (χ2v) is 20.3. The number of β-amino-alcohol motifs (C(OH)–C–C–N with tert-alkyl or cyclic N) is 1. The van der Waals surface area contributed by atoms with Crippen molar-refractivity contribution in [3.63, 3.8) is 0 Å². The Morgan fingerprint density at radius 2 is 1.53 bits per heavy atom. The van der Waals surface area contributed by atoms with Gasteiger partial charge in [-0.3, -0.25) is 29.3 Å². The fourth-order valence-corrected chi connectivity index (χ4v) is 10.5. The molecule has 3 aromatic heterocycles. The highest BCUT2D eigenvalue weighted by atomic mass is 32.1. The number of aliphatic hydroxyl groups excluding tert-OH is 1. The molecule has 4 N–H and O–H groups in total. The number of fused-ring (bicyclic) bond motifs is 3. The van der Waals surface area contributed by atoms with Gasteiger partial charge in [-0.1, -0.05) is 81.4 Å². The van der Waals surface area contributed by atoms with E-state index in [1.54, 1.807) is 34.8 Å².